The molecule has 0 spiro atoms. The molecule has 2 heteroatoms. The number of nitrogens with zero attached hydrogens (tertiary/aromatic N) is 2. The standard InChI is InChI=1S/C22H35N2/c1-3-5-7-9-14-18-23-19-20-24(21-15-11-10-12-16-21)22(23)17-13-8-6-4-2/h10-12,15-16,19-20H,3-9,13-14,17-18H2,1-2H3/q+1. The van der Waals surface area contributed by atoms with Crippen LogP contribution in [0.5, 0.6) is 0 Å². The molecule has 0 aliphatic rings. The molecule has 24 heavy (non-hydrogen) atoms. The molecule has 0 radical (unpaired) electrons. The zero-order valence-corrected chi connectivity index (χ0v) is 15.7. The first-order chi connectivity index (χ1) is 11.9. The summed E-state index contributed by atoms with van der Waals surface area (Å²) in [6.07, 6.45) is 17.7. The molecule has 0 N–H and O–H groups in total. The number of rotatable bonds is 12. The van der Waals surface area contributed by atoms with Gasteiger partial charge in [-0.1, -0.05) is 70.6 Å². The second-order valence-corrected chi connectivity index (χ2v) is 6.84. The summed E-state index contributed by atoms with van der Waals surface area (Å²) in [6, 6.07) is 10.8. The van der Waals surface area contributed by atoms with Gasteiger partial charge in [0.25, 0.3) is 5.82 Å². The van der Waals surface area contributed by atoms with Crippen LogP contribution < -0.4 is 4.57 Å². The first-order valence-electron chi connectivity index (χ1n) is 10.0. The Hall–Kier alpha value is -1.57. The third-order valence-corrected chi connectivity index (χ3v) is 4.80. The van der Waals surface area contributed by atoms with E-state index in [1.807, 2.05) is 0 Å². The number of para-hydroxylation sites is 1. The summed E-state index contributed by atoms with van der Waals surface area (Å²) < 4.78 is 4.88. The van der Waals surface area contributed by atoms with Crippen molar-refractivity contribution in [1.29, 1.82) is 0 Å². The molecule has 0 aliphatic heterocycles. The average molecular weight is 328 g/mol. The van der Waals surface area contributed by atoms with Crippen LogP contribution in [-0.2, 0) is 13.0 Å². The van der Waals surface area contributed by atoms with Gasteiger partial charge in [-0.3, -0.25) is 0 Å². The molecule has 0 aliphatic carbocycles. The maximum absolute atomic E-state index is 2.49. The minimum absolute atomic E-state index is 1.16. The highest BCUT2D eigenvalue weighted by Crippen LogP contribution is 2.13. The molecule has 1 aromatic carbocycles. The van der Waals surface area contributed by atoms with Crippen molar-refractivity contribution in [2.24, 2.45) is 0 Å². The molecule has 0 atom stereocenters. The second kappa shape index (κ2) is 11.1. The quantitative estimate of drug-likeness (QED) is 0.341. The first-order valence-corrected chi connectivity index (χ1v) is 10.0. The molecule has 2 nitrogen and oxygen atoms in total. The van der Waals surface area contributed by atoms with Crippen molar-refractivity contribution < 1.29 is 4.57 Å². The van der Waals surface area contributed by atoms with Gasteiger partial charge in [0.15, 0.2) is 0 Å². The highest BCUT2D eigenvalue weighted by Gasteiger charge is 2.17. The number of hydrogen-bond acceptors (Lipinski definition) is 0. The Morgan fingerprint density at radius 2 is 1.46 bits per heavy atom. The average Bonchev–Trinajstić information content (AvgIpc) is 3.02. The van der Waals surface area contributed by atoms with E-state index in [0.29, 0.717) is 0 Å². The summed E-state index contributed by atoms with van der Waals surface area (Å²) in [5.41, 5.74) is 1.28. The molecule has 0 saturated carbocycles. The maximum Gasteiger partial charge on any atom is 0.261 e. The van der Waals surface area contributed by atoms with E-state index in [1.54, 1.807) is 0 Å². The monoisotopic (exact) mass is 327 g/mol. The van der Waals surface area contributed by atoms with Crippen LogP contribution in [0.1, 0.15) is 77.5 Å². The fraction of sp³-hybridized carbons (Fsp3) is 0.591. The predicted molar refractivity (Wildman–Crippen MR) is 103 cm³/mol. The van der Waals surface area contributed by atoms with Crippen LogP contribution in [0.3, 0.4) is 0 Å². The van der Waals surface area contributed by atoms with Gasteiger partial charge in [0.1, 0.15) is 18.1 Å². The molecular weight excluding hydrogens is 292 g/mol. The summed E-state index contributed by atoms with van der Waals surface area (Å²) >= 11 is 0. The first kappa shape index (κ1) is 18.8. The second-order valence-electron chi connectivity index (χ2n) is 6.84. The van der Waals surface area contributed by atoms with Gasteiger partial charge in [-0.2, -0.15) is 4.57 Å². The van der Waals surface area contributed by atoms with Gasteiger partial charge in [0.05, 0.1) is 6.54 Å². The van der Waals surface area contributed by atoms with Crippen LogP contribution in [0.25, 0.3) is 5.69 Å². The molecule has 2 rings (SSSR count). The number of hydrogen-bond donors (Lipinski definition) is 0. The van der Waals surface area contributed by atoms with Crippen molar-refractivity contribution in [3.05, 3.63) is 48.5 Å². The summed E-state index contributed by atoms with van der Waals surface area (Å²) in [4.78, 5) is 0. The zero-order chi connectivity index (χ0) is 17.0. The van der Waals surface area contributed by atoms with E-state index >= 15 is 0 Å². The van der Waals surface area contributed by atoms with Crippen molar-refractivity contribution in [3.63, 3.8) is 0 Å². The molecule has 1 aromatic heterocycles. The van der Waals surface area contributed by atoms with Crippen molar-refractivity contribution in [2.45, 2.75) is 84.6 Å². The number of benzene rings is 1. The molecule has 0 saturated heterocycles. The highest BCUT2D eigenvalue weighted by atomic mass is 15.1. The molecule has 0 bridgehead atoms. The molecule has 0 fully saturated rings. The molecule has 1 heterocycles. The normalized spacial score (nSPS) is 11.1. The Labute approximate surface area is 148 Å². The lowest BCUT2D eigenvalue weighted by Gasteiger charge is -2.06. The van der Waals surface area contributed by atoms with Gasteiger partial charge < -0.3 is 0 Å². The predicted octanol–water partition coefficient (Wildman–Crippen LogP) is 5.86. The number of unbranched alkanes of at least 4 members (excludes halogenated alkanes) is 7. The van der Waals surface area contributed by atoms with E-state index < -0.39 is 0 Å². The molecular formula is C22H35N2+. The van der Waals surface area contributed by atoms with Gasteiger partial charge >= 0.3 is 0 Å². The van der Waals surface area contributed by atoms with Crippen molar-refractivity contribution >= 4 is 0 Å². The molecule has 2 aromatic rings. The lowest BCUT2D eigenvalue weighted by Crippen LogP contribution is -2.37. The Morgan fingerprint density at radius 3 is 2.17 bits per heavy atom. The van der Waals surface area contributed by atoms with Crippen molar-refractivity contribution in [1.82, 2.24) is 4.57 Å². The summed E-state index contributed by atoms with van der Waals surface area (Å²) in [5.74, 6) is 1.47. The topological polar surface area (TPSA) is 8.81 Å². The minimum atomic E-state index is 1.16. The van der Waals surface area contributed by atoms with Crippen LogP contribution in [0.4, 0.5) is 0 Å². The summed E-state index contributed by atoms with van der Waals surface area (Å²) in [6.45, 7) is 5.72. The van der Waals surface area contributed by atoms with E-state index in [-0.39, 0.29) is 0 Å². The van der Waals surface area contributed by atoms with Crippen LogP contribution in [0.15, 0.2) is 42.7 Å². The Balaban J connectivity index is 2.03. The van der Waals surface area contributed by atoms with Gasteiger partial charge in [0.2, 0.25) is 0 Å². The van der Waals surface area contributed by atoms with E-state index in [0.717, 1.165) is 6.54 Å². The summed E-state index contributed by atoms with van der Waals surface area (Å²) in [5, 5.41) is 0. The number of aromatic nitrogens is 2. The maximum atomic E-state index is 2.49. The van der Waals surface area contributed by atoms with Gasteiger partial charge in [0, 0.05) is 6.42 Å². The van der Waals surface area contributed by atoms with Gasteiger partial charge in [-0.05, 0) is 31.4 Å². The molecule has 0 amide bonds. The van der Waals surface area contributed by atoms with Gasteiger partial charge in [-0.15, -0.1) is 0 Å². The summed E-state index contributed by atoms with van der Waals surface area (Å²) in [7, 11) is 0. The van der Waals surface area contributed by atoms with Crippen LogP contribution >= 0.6 is 0 Å². The fourth-order valence-electron chi connectivity index (χ4n) is 3.34. The minimum Gasteiger partial charge on any atom is -0.234 e. The molecule has 132 valence electrons. The van der Waals surface area contributed by atoms with E-state index in [4.69, 9.17) is 0 Å². The van der Waals surface area contributed by atoms with E-state index in [2.05, 4.69) is 65.7 Å². The largest absolute Gasteiger partial charge is 0.261 e. The van der Waals surface area contributed by atoms with Gasteiger partial charge in [-0.25, -0.2) is 4.57 Å². The lowest BCUT2D eigenvalue weighted by molar-refractivity contribution is -0.704. The third kappa shape index (κ3) is 5.81. The highest BCUT2D eigenvalue weighted by molar-refractivity contribution is 5.31. The van der Waals surface area contributed by atoms with Crippen LogP contribution in [0.2, 0.25) is 0 Å². The Morgan fingerprint density at radius 1 is 0.792 bits per heavy atom. The van der Waals surface area contributed by atoms with Crippen molar-refractivity contribution in [3.8, 4) is 5.69 Å². The van der Waals surface area contributed by atoms with E-state index in [1.165, 1.54) is 75.7 Å². The fourth-order valence-corrected chi connectivity index (χ4v) is 3.34. The smallest absolute Gasteiger partial charge is 0.234 e. The van der Waals surface area contributed by atoms with Crippen LogP contribution in [0, 0.1) is 0 Å². The zero-order valence-electron chi connectivity index (χ0n) is 15.7. The van der Waals surface area contributed by atoms with Crippen LogP contribution in [-0.4, -0.2) is 4.57 Å². The number of aryl methyl sites for hydroxylation is 1. The molecule has 0 unspecified atom stereocenters. The Bertz CT molecular complexity index is 557. The lowest BCUT2D eigenvalue weighted by atomic mass is 10.1. The SMILES string of the molecule is CCCCCCC[n+]1ccn(-c2ccccc2)c1CCCCCC. The van der Waals surface area contributed by atoms with Crippen molar-refractivity contribution in [2.75, 3.05) is 0 Å². The third-order valence-electron chi connectivity index (χ3n) is 4.80. The Kier molecular flexibility index (Phi) is 8.65. The number of imidazole rings is 1. The van der Waals surface area contributed by atoms with E-state index in [9.17, 15) is 0 Å².